The average molecular weight is 455 g/mol. The fraction of sp³-hybridized carbons (Fsp3) is 0.480. The second-order valence-corrected chi connectivity index (χ2v) is 8.58. The molecule has 1 fully saturated rings. The standard InChI is InChI=1S/C25H30N2O6/c1-16-12-20(17(2)27(16)19-8-9-22-23(13-19)32-11-10-31-22)21(28)15-33-24(29)14-26-25(30)18-6-4-3-5-7-18/h8-9,12-13,18H,3-7,10-11,14-15H2,1-2H3,(H,26,30). The molecule has 8 heteroatoms. The van der Waals surface area contributed by atoms with E-state index < -0.39 is 5.97 Å². The number of ether oxygens (including phenoxy) is 3. The van der Waals surface area contributed by atoms with Crippen LogP contribution in [-0.2, 0) is 14.3 Å². The Morgan fingerprint density at radius 2 is 1.76 bits per heavy atom. The van der Waals surface area contributed by atoms with E-state index in [0.29, 0.717) is 30.3 Å². The SMILES string of the molecule is Cc1cc(C(=O)COC(=O)CNC(=O)C2CCCCC2)c(C)n1-c1ccc2c(c1)OCCO2. The predicted octanol–water partition coefficient (Wildman–Crippen LogP) is 3.29. The van der Waals surface area contributed by atoms with Gasteiger partial charge in [-0.2, -0.15) is 0 Å². The van der Waals surface area contributed by atoms with Crippen molar-refractivity contribution in [1.29, 1.82) is 0 Å². The summed E-state index contributed by atoms with van der Waals surface area (Å²) in [6.07, 6.45) is 4.96. The summed E-state index contributed by atoms with van der Waals surface area (Å²) in [6, 6.07) is 7.44. The molecule has 2 heterocycles. The van der Waals surface area contributed by atoms with E-state index >= 15 is 0 Å². The normalized spacial score (nSPS) is 15.7. The number of aromatic nitrogens is 1. The molecule has 1 aromatic heterocycles. The number of hydrogen-bond donors (Lipinski definition) is 1. The lowest BCUT2D eigenvalue weighted by molar-refractivity contribution is -0.143. The zero-order valence-electron chi connectivity index (χ0n) is 19.1. The number of nitrogens with one attached hydrogen (secondary N) is 1. The quantitative estimate of drug-likeness (QED) is 0.510. The number of hydrogen-bond acceptors (Lipinski definition) is 6. The number of rotatable bonds is 7. The molecule has 0 unspecified atom stereocenters. The van der Waals surface area contributed by atoms with Crippen molar-refractivity contribution >= 4 is 17.7 Å². The van der Waals surface area contributed by atoms with Gasteiger partial charge in [-0.05, 0) is 44.9 Å². The van der Waals surface area contributed by atoms with Crippen molar-refractivity contribution < 1.29 is 28.6 Å². The summed E-state index contributed by atoms with van der Waals surface area (Å²) >= 11 is 0. The summed E-state index contributed by atoms with van der Waals surface area (Å²) in [5.41, 5.74) is 2.96. The summed E-state index contributed by atoms with van der Waals surface area (Å²) in [5.74, 6) is 0.321. The van der Waals surface area contributed by atoms with Crippen molar-refractivity contribution in [2.45, 2.75) is 46.0 Å². The molecule has 1 saturated carbocycles. The highest BCUT2D eigenvalue weighted by Crippen LogP contribution is 2.33. The van der Waals surface area contributed by atoms with Crippen LogP contribution < -0.4 is 14.8 Å². The smallest absolute Gasteiger partial charge is 0.325 e. The van der Waals surface area contributed by atoms with Gasteiger partial charge in [-0.25, -0.2) is 0 Å². The lowest BCUT2D eigenvalue weighted by atomic mass is 9.89. The van der Waals surface area contributed by atoms with Gasteiger partial charge in [-0.3, -0.25) is 14.4 Å². The second kappa shape index (κ2) is 10.1. The number of carbonyl (C=O) groups excluding carboxylic acids is 3. The van der Waals surface area contributed by atoms with Gasteiger partial charge < -0.3 is 24.1 Å². The van der Waals surface area contributed by atoms with Gasteiger partial charge in [-0.1, -0.05) is 19.3 Å². The Morgan fingerprint density at radius 1 is 1.03 bits per heavy atom. The summed E-state index contributed by atoms with van der Waals surface area (Å²) in [4.78, 5) is 37.0. The summed E-state index contributed by atoms with van der Waals surface area (Å²) in [7, 11) is 0. The fourth-order valence-corrected chi connectivity index (χ4v) is 4.56. The molecule has 0 spiro atoms. The number of amides is 1. The molecule has 1 aromatic carbocycles. The molecular formula is C25H30N2O6. The van der Waals surface area contributed by atoms with Crippen LogP contribution in [0.15, 0.2) is 24.3 Å². The van der Waals surface area contributed by atoms with Gasteiger partial charge in [0.15, 0.2) is 18.1 Å². The van der Waals surface area contributed by atoms with E-state index in [0.717, 1.165) is 49.2 Å². The van der Waals surface area contributed by atoms with Crippen LogP contribution >= 0.6 is 0 Å². The maximum absolute atomic E-state index is 12.8. The van der Waals surface area contributed by atoms with Crippen molar-refractivity contribution in [3.8, 4) is 17.2 Å². The number of esters is 1. The molecule has 1 amide bonds. The molecule has 2 aromatic rings. The number of benzene rings is 1. The van der Waals surface area contributed by atoms with Gasteiger partial charge in [-0.15, -0.1) is 0 Å². The Labute approximate surface area is 193 Å². The van der Waals surface area contributed by atoms with Crippen LogP contribution in [0.4, 0.5) is 0 Å². The van der Waals surface area contributed by atoms with E-state index in [4.69, 9.17) is 14.2 Å². The van der Waals surface area contributed by atoms with Crippen molar-refractivity contribution in [1.82, 2.24) is 9.88 Å². The van der Waals surface area contributed by atoms with Gasteiger partial charge in [0.1, 0.15) is 19.8 Å². The second-order valence-electron chi connectivity index (χ2n) is 8.58. The van der Waals surface area contributed by atoms with Crippen molar-refractivity contribution in [2.75, 3.05) is 26.4 Å². The number of aryl methyl sites for hydroxylation is 1. The van der Waals surface area contributed by atoms with E-state index in [1.54, 1.807) is 6.07 Å². The Hall–Kier alpha value is -3.29. The van der Waals surface area contributed by atoms with Crippen LogP contribution in [0, 0.1) is 19.8 Å². The molecule has 0 atom stereocenters. The molecule has 0 radical (unpaired) electrons. The number of ketones is 1. The molecular weight excluding hydrogens is 424 g/mol. The van der Waals surface area contributed by atoms with E-state index in [-0.39, 0.29) is 30.8 Å². The van der Waals surface area contributed by atoms with E-state index in [1.807, 2.05) is 36.6 Å². The lowest BCUT2D eigenvalue weighted by Crippen LogP contribution is -2.36. The monoisotopic (exact) mass is 454 g/mol. The first-order valence-corrected chi connectivity index (χ1v) is 11.5. The first kappa shape index (κ1) is 22.9. The van der Waals surface area contributed by atoms with Crippen LogP contribution in [0.25, 0.3) is 5.69 Å². The van der Waals surface area contributed by atoms with Crippen LogP contribution in [0.5, 0.6) is 11.5 Å². The predicted molar refractivity (Wildman–Crippen MR) is 121 cm³/mol. The van der Waals surface area contributed by atoms with Crippen molar-refractivity contribution in [3.05, 3.63) is 41.2 Å². The van der Waals surface area contributed by atoms with Gasteiger partial charge in [0.25, 0.3) is 0 Å². The minimum atomic E-state index is -0.617. The summed E-state index contributed by atoms with van der Waals surface area (Å²) < 4.78 is 18.3. The third kappa shape index (κ3) is 5.21. The third-order valence-corrected chi connectivity index (χ3v) is 6.26. The van der Waals surface area contributed by atoms with Crippen molar-refractivity contribution in [2.24, 2.45) is 5.92 Å². The van der Waals surface area contributed by atoms with Crippen LogP contribution in [0.2, 0.25) is 0 Å². The van der Waals surface area contributed by atoms with E-state index in [9.17, 15) is 14.4 Å². The van der Waals surface area contributed by atoms with Gasteiger partial charge in [0.2, 0.25) is 11.7 Å². The van der Waals surface area contributed by atoms with Crippen molar-refractivity contribution in [3.63, 3.8) is 0 Å². The maximum atomic E-state index is 12.8. The maximum Gasteiger partial charge on any atom is 0.325 e. The molecule has 1 N–H and O–H groups in total. The third-order valence-electron chi connectivity index (χ3n) is 6.26. The zero-order valence-corrected chi connectivity index (χ0v) is 19.1. The first-order valence-electron chi connectivity index (χ1n) is 11.5. The molecule has 0 saturated heterocycles. The number of fused-ring (bicyclic) bond motifs is 1. The summed E-state index contributed by atoms with van der Waals surface area (Å²) in [6.45, 7) is 4.19. The molecule has 176 valence electrons. The van der Waals surface area contributed by atoms with E-state index in [2.05, 4.69) is 5.32 Å². The largest absolute Gasteiger partial charge is 0.486 e. The highest BCUT2D eigenvalue weighted by Gasteiger charge is 2.23. The Kier molecular flexibility index (Phi) is 7.01. The number of nitrogens with zero attached hydrogens (tertiary/aromatic N) is 1. The number of carbonyl (C=O) groups is 3. The molecule has 8 nitrogen and oxygen atoms in total. The minimum Gasteiger partial charge on any atom is -0.486 e. The topological polar surface area (TPSA) is 95.9 Å². The highest BCUT2D eigenvalue weighted by molar-refractivity contribution is 5.99. The molecule has 2 aliphatic rings. The van der Waals surface area contributed by atoms with Crippen LogP contribution in [-0.4, -0.2) is 48.6 Å². The first-order chi connectivity index (χ1) is 15.9. The van der Waals surface area contributed by atoms with Gasteiger partial charge >= 0.3 is 5.97 Å². The zero-order chi connectivity index (χ0) is 23.4. The molecule has 0 bridgehead atoms. The summed E-state index contributed by atoms with van der Waals surface area (Å²) in [5, 5.41) is 2.64. The van der Waals surface area contributed by atoms with E-state index in [1.165, 1.54) is 0 Å². The highest BCUT2D eigenvalue weighted by atomic mass is 16.6. The van der Waals surface area contributed by atoms with Gasteiger partial charge in [0.05, 0.1) is 0 Å². The molecule has 4 rings (SSSR count). The molecule has 33 heavy (non-hydrogen) atoms. The van der Waals surface area contributed by atoms with Gasteiger partial charge in [0, 0.05) is 34.6 Å². The number of Topliss-reactive ketones (excluding diaryl/α,β-unsaturated/α-hetero) is 1. The Balaban J connectivity index is 1.35. The van der Waals surface area contributed by atoms with Crippen LogP contribution in [0.1, 0.15) is 53.8 Å². The minimum absolute atomic E-state index is 0.0286. The molecule has 1 aliphatic carbocycles. The average Bonchev–Trinajstić information content (AvgIpc) is 3.14. The fourth-order valence-electron chi connectivity index (χ4n) is 4.56. The lowest BCUT2D eigenvalue weighted by Gasteiger charge is -2.20. The molecule has 1 aliphatic heterocycles. The van der Waals surface area contributed by atoms with Crippen LogP contribution in [0.3, 0.4) is 0 Å². The Morgan fingerprint density at radius 3 is 2.52 bits per heavy atom. The Bertz CT molecular complexity index is 1050.